The van der Waals surface area contributed by atoms with Gasteiger partial charge in [0.1, 0.15) is 18.4 Å². The van der Waals surface area contributed by atoms with E-state index in [4.69, 9.17) is 4.74 Å². The number of alkyl carbamates (subject to hydrolysis) is 1. The molecular formula is C35H37N2O7P. The Morgan fingerprint density at radius 1 is 0.711 bits per heavy atom. The van der Waals surface area contributed by atoms with Gasteiger partial charge in [-0.25, -0.2) is 4.79 Å². The first kappa shape index (κ1) is 33.2. The Hall–Kier alpha value is -4.72. The number of carbonyl (C=O) groups is 3. The van der Waals surface area contributed by atoms with Crippen molar-refractivity contribution in [1.82, 2.24) is 10.6 Å². The van der Waals surface area contributed by atoms with Gasteiger partial charge in [0.05, 0.1) is 5.92 Å². The fourth-order valence-electron chi connectivity index (χ4n) is 4.86. The van der Waals surface area contributed by atoms with Crippen molar-refractivity contribution in [2.75, 3.05) is 6.16 Å². The summed E-state index contributed by atoms with van der Waals surface area (Å²) in [6.07, 6.45) is -1.28. The van der Waals surface area contributed by atoms with Gasteiger partial charge >= 0.3 is 12.1 Å². The summed E-state index contributed by atoms with van der Waals surface area (Å²) in [4.78, 5) is 49.2. The van der Waals surface area contributed by atoms with Crippen LogP contribution in [0.3, 0.4) is 0 Å². The molecule has 0 saturated heterocycles. The van der Waals surface area contributed by atoms with E-state index >= 15 is 0 Å². The monoisotopic (exact) mass is 628 g/mol. The fourth-order valence-corrected chi connectivity index (χ4v) is 6.84. The maximum absolute atomic E-state index is 14.1. The fraction of sp³-hybridized carbons (Fsp3) is 0.229. The number of nitrogens with one attached hydrogen (secondary N) is 2. The minimum absolute atomic E-state index is 0.0146. The Balaban J connectivity index is 1.56. The van der Waals surface area contributed by atoms with Crippen molar-refractivity contribution in [2.24, 2.45) is 5.92 Å². The second kappa shape index (κ2) is 15.8. The average Bonchev–Trinajstić information content (AvgIpc) is 3.04. The molecule has 0 fully saturated rings. The van der Waals surface area contributed by atoms with E-state index in [1.165, 1.54) is 6.92 Å². The van der Waals surface area contributed by atoms with Gasteiger partial charge in [-0.05, 0) is 41.2 Å². The van der Waals surface area contributed by atoms with E-state index < -0.39 is 49.2 Å². The van der Waals surface area contributed by atoms with Crippen LogP contribution in [0.15, 0.2) is 115 Å². The number of benzene rings is 4. The van der Waals surface area contributed by atoms with E-state index in [1.807, 2.05) is 78.9 Å². The molecule has 4 atom stereocenters. The molecule has 0 spiro atoms. The highest BCUT2D eigenvalue weighted by Gasteiger charge is 2.38. The largest absolute Gasteiger partial charge is 0.480 e. The molecule has 4 N–H and O–H groups in total. The van der Waals surface area contributed by atoms with E-state index in [-0.39, 0.29) is 19.4 Å². The van der Waals surface area contributed by atoms with E-state index in [9.17, 15) is 28.9 Å². The standard InChI is InChI=1S/C35H37N2O7P/c1-25(34(39)40)36-33(38)31(21-27-17-19-30(20-18-27)29-15-9-4-10-16-29)24-45(42,43)32(22-26-11-5-2-6-12-26)37-35(41)44-23-28-13-7-3-8-14-28/h2-20,25,31-32H,21-24H2,1H3,(H,36,38)(H,37,41)(H,39,40)(H,42,43)/t25-,31?,32?/m0/s1. The molecule has 4 aromatic rings. The van der Waals surface area contributed by atoms with Gasteiger partial charge in [-0.3, -0.25) is 14.2 Å². The van der Waals surface area contributed by atoms with Crippen molar-refractivity contribution in [3.63, 3.8) is 0 Å². The quantitative estimate of drug-likeness (QED) is 0.128. The Bertz CT molecular complexity index is 1600. The first-order valence-electron chi connectivity index (χ1n) is 14.6. The third kappa shape index (κ3) is 10.2. The summed E-state index contributed by atoms with van der Waals surface area (Å²) in [5.41, 5.74) is 4.17. The minimum Gasteiger partial charge on any atom is -0.480 e. The lowest BCUT2D eigenvalue weighted by atomic mass is 9.97. The van der Waals surface area contributed by atoms with Crippen LogP contribution in [-0.4, -0.2) is 46.0 Å². The Morgan fingerprint density at radius 3 is 1.80 bits per heavy atom. The van der Waals surface area contributed by atoms with Gasteiger partial charge in [-0.1, -0.05) is 115 Å². The van der Waals surface area contributed by atoms with Crippen LogP contribution < -0.4 is 10.6 Å². The number of carboxylic acid groups (broad SMARTS) is 1. The van der Waals surface area contributed by atoms with Crippen molar-refractivity contribution in [1.29, 1.82) is 0 Å². The summed E-state index contributed by atoms with van der Waals surface area (Å²) >= 11 is 0. The van der Waals surface area contributed by atoms with Crippen LogP contribution in [0.1, 0.15) is 23.6 Å². The number of ether oxygens (including phenoxy) is 1. The Labute approximate surface area is 262 Å². The van der Waals surface area contributed by atoms with Crippen molar-refractivity contribution in [2.45, 2.75) is 38.2 Å². The van der Waals surface area contributed by atoms with Crippen molar-refractivity contribution in [3.05, 3.63) is 132 Å². The van der Waals surface area contributed by atoms with E-state index in [0.717, 1.165) is 22.3 Å². The van der Waals surface area contributed by atoms with Crippen molar-refractivity contribution in [3.8, 4) is 11.1 Å². The van der Waals surface area contributed by atoms with Crippen LogP contribution in [0.2, 0.25) is 0 Å². The van der Waals surface area contributed by atoms with E-state index in [1.54, 1.807) is 36.4 Å². The number of rotatable bonds is 14. The molecule has 2 amide bonds. The average molecular weight is 629 g/mol. The lowest BCUT2D eigenvalue weighted by Crippen LogP contribution is -2.44. The molecule has 0 bridgehead atoms. The summed E-state index contributed by atoms with van der Waals surface area (Å²) in [6.45, 7) is 1.30. The number of carbonyl (C=O) groups excluding carboxylic acids is 2. The predicted molar refractivity (Wildman–Crippen MR) is 173 cm³/mol. The predicted octanol–water partition coefficient (Wildman–Crippen LogP) is 5.87. The van der Waals surface area contributed by atoms with Crippen molar-refractivity contribution >= 4 is 25.3 Å². The third-order valence-electron chi connectivity index (χ3n) is 7.38. The molecule has 234 valence electrons. The second-order valence-corrected chi connectivity index (χ2v) is 13.4. The third-order valence-corrected chi connectivity index (χ3v) is 9.63. The lowest BCUT2D eigenvalue weighted by Gasteiger charge is -2.28. The van der Waals surface area contributed by atoms with Gasteiger partial charge in [0, 0.05) is 12.6 Å². The zero-order chi connectivity index (χ0) is 32.2. The molecule has 0 aliphatic heterocycles. The lowest BCUT2D eigenvalue weighted by molar-refractivity contribution is -0.141. The summed E-state index contributed by atoms with van der Waals surface area (Å²) in [6, 6.07) is 34.0. The molecule has 0 aliphatic rings. The first-order chi connectivity index (χ1) is 21.6. The normalized spacial score (nSPS) is 14.3. The van der Waals surface area contributed by atoms with Crippen LogP contribution in [0.4, 0.5) is 4.79 Å². The van der Waals surface area contributed by atoms with Crippen LogP contribution in [0.25, 0.3) is 11.1 Å². The van der Waals surface area contributed by atoms with Gasteiger partial charge in [0.2, 0.25) is 13.3 Å². The van der Waals surface area contributed by atoms with Crippen LogP contribution >= 0.6 is 7.37 Å². The minimum atomic E-state index is -4.31. The van der Waals surface area contributed by atoms with Crippen molar-refractivity contribution < 1.29 is 33.7 Å². The highest BCUT2D eigenvalue weighted by Crippen LogP contribution is 2.48. The highest BCUT2D eigenvalue weighted by molar-refractivity contribution is 7.58. The smallest absolute Gasteiger partial charge is 0.408 e. The van der Waals surface area contributed by atoms with E-state index in [0.29, 0.717) is 5.56 Å². The zero-order valence-corrected chi connectivity index (χ0v) is 25.8. The van der Waals surface area contributed by atoms with Gasteiger partial charge < -0.3 is 25.4 Å². The molecule has 10 heteroatoms. The van der Waals surface area contributed by atoms with Gasteiger partial charge in [-0.2, -0.15) is 0 Å². The number of amides is 2. The Kier molecular flexibility index (Phi) is 11.7. The van der Waals surface area contributed by atoms with Gasteiger partial charge in [-0.15, -0.1) is 0 Å². The SMILES string of the molecule is C[C@H](NC(=O)C(Cc1ccc(-c2ccccc2)cc1)CP(=O)(O)C(Cc1ccccc1)NC(=O)OCc1ccccc1)C(=O)O. The topological polar surface area (TPSA) is 142 Å². The molecule has 0 saturated carbocycles. The molecule has 45 heavy (non-hydrogen) atoms. The molecule has 0 aliphatic carbocycles. The molecule has 4 rings (SSSR count). The molecule has 0 aromatic heterocycles. The second-order valence-electron chi connectivity index (χ2n) is 10.9. The zero-order valence-electron chi connectivity index (χ0n) is 24.9. The number of carboxylic acids is 1. The molecule has 0 radical (unpaired) electrons. The molecular weight excluding hydrogens is 591 g/mol. The number of hydrogen-bond acceptors (Lipinski definition) is 5. The summed E-state index contributed by atoms with van der Waals surface area (Å²) in [5, 5.41) is 14.4. The van der Waals surface area contributed by atoms with Gasteiger partial charge in [0.15, 0.2) is 0 Å². The summed E-state index contributed by atoms with van der Waals surface area (Å²) in [5.74, 6) is -4.23. The molecule has 0 heterocycles. The van der Waals surface area contributed by atoms with E-state index in [2.05, 4.69) is 10.6 Å². The Morgan fingerprint density at radius 2 is 1.22 bits per heavy atom. The molecule has 3 unspecified atom stereocenters. The highest BCUT2D eigenvalue weighted by atomic mass is 31.2. The molecule has 4 aromatic carbocycles. The van der Waals surface area contributed by atoms with Gasteiger partial charge in [0.25, 0.3) is 0 Å². The summed E-state index contributed by atoms with van der Waals surface area (Å²) in [7, 11) is -4.31. The molecule has 9 nitrogen and oxygen atoms in total. The van der Waals surface area contributed by atoms with Crippen LogP contribution in [0, 0.1) is 5.92 Å². The van der Waals surface area contributed by atoms with Crippen LogP contribution in [0.5, 0.6) is 0 Å². The number of aliphatic carboxylic acids is 1. The maximum atomic E-state index is 14.1. The maximum Gasteiger partial charge on any atom is 0.408 e. The first-order valence-corrected chi connectivity index (χ1v) is 16.5. The number of hydrogen-bond donors (Lipinski definition) is 4. The summed E-state index contributed by atoms with van der Waals surface area (Å²) < 4.78 is 19.4. The van der Waals surface area contributed by atoms with Crippen LogP contribution in [-0.2, 0) is 38.3 Å².